The molecule has 13 heavy (non-hydrogen) atoms. The molecule has 2 rings (SSSR count). The van der Waals surface area contributed by atoms with Crippen LogP contribution in [0.3, 0.4) is 0 Å². The number of pyridine rings is 1. The highest BCUT2D eigenvalue weighted by Gasteiger charge is 2.08. The van der Waals surface area contributed by atoms with Crippen LogP contribution < -0.4 is 5.73 Å². The predicted octanol–water partition coefficient (Wildman–Crippen LogP) is 1.58. The number of hydrogen-bond acceptors (Lipinski definition) is 4. The summed E-state index contributed by atoms with van der Waals surface area (Å²) in [6, 6.07) is 3.29. The maximum Gasteiger partial charge on any atom is 0.345 e. The summed E-state index contributed by atoms with van der Waals surface area (Å²) >= 11 is 1.15. The van der Waals surface area contributed by atoms with Gasteiger partial charge in [0.15, 0.2) is 0 Å². The van der Waals surface area contributed by atoms with Gasteiger partial charge in [0, 0.05) is 5.39 Å². The molecule has 0 amide bonds. The molecule has 66 valence electrons. The van der Waals surface area contributed by atoms with Crippen LogP contribution in [0.25, 0.3) is 10.2 Å². The van der Waals surface area contributed by atoms with Crippen LogP contribution >= 0.6 is 11.3 Å². The SMILES string of the molecule is Nc1cnc2sc(C(=O)O)cc2c1. The number of nitrogen functional groups attached to an aromatic ring is 1. The minimum atomic E-state index is -0.929. The Morgan fingerprint density at radius 2 is 2.31 bits per heavy atom. The van der Waals surface area contributed by atoms with Gasteiger partial charge in [0.25, 0.3) is 0 Å². The fourth-order valence-electron chi connectivity index (χ4n) is 1.06. The van der Waals surface area contributed by atoms with Crippen LogP contribution in [0, 0.1) is 0 Å². The zero-order chi connectivity index (χ0) is 9.42. The monoisotopic (exact) mass is 194 g/mol. The molecule has 0 aromatic carbocycles. The van der Waals surface area contributed by atoms with Crippen molar-refractivity contribution in [3.05, 3.63) is 23.2 Å². The number of nitrogens with zero attached hydrogens (tertiary/aromatic N) is 1. The molecule has 0 saturated carbocycles. The van der Waals surface area contributed by atoms with Crippen LogP contribution in [0.4, 0.5) is 5.69 Å². The summed E-state index contributed by atoms with van der Waals surface area (Å²) in [6.07, 6.45) is 1.52. The van der Waals surface area contributed by atoms with E-state index in [1.807, 2.05) is 0 Å². The standard InChI is InChI=1S/C8H6N2O2S/c9-5-1-4-2-6(8(11)12)13-7(4)10-3-5/h1-3H,9H2,(H,11,12). The number of carboxylic acids is 1. The van der Waals surface area contributed by atoms with Gasteiger partial charge in [-0.3, -0.25) is 0 Å². The van der Waals surface area contributed by atoms with E-state index in [1.54, 1.807) is 12.1 Å². The molecule has 0 aliphatic heterocycles. The zero-order valence-corrected chi connectivity index (χ0v) is 7.34. The molecule has 4 nitrogen and oxygen atoms in total. The van der Waals surface area contributed by atoms with Crippen molar-refractivity contribution in [2.45, 2.75) is 0 Å². The van der Waals surface area contributed by atoms with Crippen LogP contribution in [0.5, 0.6) is 0 Å². The average Bonchev–Trinajstić information content (AvgIpc) is 2.46. The van der Waals surface area contributed by atoms with Crippen LogP contribution in [0.1, 0.15) is 9.67 Å². The Labute approximate surface area is 77.6 Å². The largest absolute Gasteiger partial charge is 0.477 e. The Bertz CT molecular complexity index is 478. The lowest BCUT2D eigenvalue weighted by Crippen LogP contribution is -1.89. The second-order valence-corrected chi connectivity index (χ2v) is 3.61. The first-order valence-electron chi connectivity index (χ1n) is 3.55. The molecular weight excluding hydrogens is 188 g/mol. The Morgan fingerprint density at radius 3 is 3.00 bits per heavy atom. The Morgan fingerprint density at radius 1 is 1.54 bits per heavy atom. The van der Waals surface area contributed by atoms with Gasteiger partial charge in [-0.25, -0.2) is 9.78 Å². The molecule has 0 aliphatic carbocycles. The van der Waals surface area contributed by atoms with E-state index in [0.717, 1.165) is 16.7 Å². The van der Waals surface area contributed by atoms with E-state index in [2.05, 4.69) is 4.98 Å². The molecular formula is C8H6N2O2S. The highest BCUT2D eigenvalue weighted by atomic mass is 32.1. The molecule has 5 heteroatoms. The van der Waals surface area contributed by atoms with Crippen molar-refractivity contribution in [1.82, 2.24) is 4.98 Å². The number of hydrogen-bond donors (Lipinski definition) is 2. The number of carboxylic acid groups (broad SMARTS) is 1. The van der Waals surface area contributed by atoms with E-state index in [9.17, 15) is 4.79 Å². The second kappa shape index (κ2) is 2.70. The quantitative estimate of drug-likeness (QED) is 0.722. The van der Waals surface area contributed by atoms with E-state index in [1.165, 1.54) is 6.20 Å². The number of thiophene rings is 1. The number of nitrogens with two attached hydrogens (primary N) is 1. The molecule has 0 spiro atoms. The van der Waals surface area contributed by atoms with Crippen molar-refractivity contribution < 1.29 is 9.90 Å². The first-order chi connectivity index (χ1) is 6.16. The molecule has 0 saturated heterocycles. The molecule has 2 aromatic heterocycles. The van der Waals surface area contributed by atoms with Gasteiger partial charge < -0.3 is 10.8 Å². The summed E-state index contributed by atoms with van der Waals surface area (Å²) in [5.41, 5.74) is 6.05. The van der Waals surface area contributed by atoms with E-state index in [-0.39, 0.29) is 4.88 Å². The van der Waals surface area contributed by atoms with Gasteiger partial charge in [-0.2, -0.15) is 0 Å². The Hall–Kier alpha value is -1.62. The number of anilines is 1. The highest BCUT2D eigenvalue weighted by molar-refractivity contribution is 7.20. The van der Waals surface area contributed by atoms with Gasteiger partial charge >= 0.3 is 5.97 Å². The van der Waals surface area contributed by atoms with Gasteiger partial charge in [-0.05, 0) is 12.1 Å². The molecule has 0 aliphatic rings. The summed E-state index contributed by atoms with van der Waals surface area (Å²) in [6.45, 7) is 0. The number of carbonyl (C=O) groups is 1. The topological polar surface area (TPSA) is 76.2 Å². The normalized spacial score (nSPS) is 10.5. The highest BCUT2D eigenvalue weighted by Crippen LogP contribution is 2.24. The molecule has 2 heterocycles. The average molecular weight is 194 g/mol. The molecule has 0 atom stereocenters. The van der Waals surface area contributed by atoms with E-state index >= 15 is 0 Å². The van der Waals surface area contributed by atoms with Gasteiger partial charge in [0.1, 0.15) is 9.71 Å². The Kier molecular flexibility index (Phi) is 1.66. The summed E-state index contributed by atoms with van der Waals surface area (Å²) in [4.78, 5) is 15.6. The fraction of sp³-hybridized carbons (Fsp3) is 0. The molecule has 0 radical (unpaired) electrons. The van der Waals surface area contributed by atoms with Gasteiger partial charge in [-0.1, -0.05) is 0 Å². The number of rotatable bonds is 1. The van der Waals surface area contributed by atoms with Crippen LogP contribution in [0.2, 0.25) is 0 Å². The smallest absolute Gasteiger partial charge is 0.345 e. The first-order valence-corrected chi connectivity index (χ1v) is 4.37. The van der Waals surface area contributed by atoms with Gasteiger partial charge in [0.2, 0.25) is 0 Å². The van der Waals surface area contributed by atoms with Crippen LogP contribution in [-0.2, 0) is 0 Å². The first kappa shape index (κ1) is 8.00. The number of aromatic carboxylic acids is 1. The van der Waals surface area contributed by atoms with Gasteiger partial charge in [-0.15, -0.1) is 11.3 Å². The van der Waals surface area contributed by atoms with Crippen molar-refractivity contribution >= 4 is 33.2 Å². The minimum Gasteiger partial charge on any atom is -0.477 e. The summed E-state index contributed by atoms with van der Waals surface area (Å²) < 4.78 is 0. The predicted molar refractivity (Wildman–Crippen MR) is 51.0 cm³/mol. The zero-order valence-electron chi connectivity index (χ0n) is 6.52. The van der Waals surface area contributed by atoms with Crippen molar-refractivity contribution in [1.29, 1.82) is 0 Å². The lowest BCUT2D eigenvalue weighted by atomic mass is 10.3. The number of aromatic nitrogens is 1. The van der Waals surface area contributed by atoms with Gasteiger partial charge in [0.05, 0.1) is 11.9 Å². The Balaban J connectivity index is 2.68. The van der Waals surface area contributed by atoms with Crippen molar-refractivity contribution in [3.8, 4) is 0 Å². The third-order valence-corrected chi connectivity index (χ3v) is 2.65. The summed E-state index contributed by atoms with van der Waals surface area (Å²) in [7, 11) is 0. The molecule has 2 aromatic rings. The van der Waals surface area contributed by atoms with E-state index < -0.39 is 5.97 Å². The maximum absolute atomic E-state index is 10.6. The van der Waals surface area contributed by atoms with E-state index in [0.29, 0.717) is 10.5 Å². The van der Waals surface area contributed by atoms with Crippen molar-refractivity contribution in [2.75, 3.05) is 5.73 Å². The summed E-state index contributed by atoms with van der Waals surface area (Å²) in [5.74, 6) is -0.929. The molecule has 0 unspecified atom stereocenters. The minimum absolute atomic E-state index is 0.285. The second-order valence-electron chi connectivity index (χ2n) is 2.58. The van der Waals surface area contributed by atoms with Crippen molar-refractivity contribution in [3.63, 3.8) is 0 Å². The third-order valence-electron chi connectivity index (χ3n) is 1.60. The molecule has 3 N–H and O–H groups in total. The third kappa shape index (κ3) is 1.33. The lowest BCUT2D eigenvalue weighted by Gasteiger charge is -1.89. The van der Waals surface area contributed by atoms with Crippen LogP contribution in [0.15, 0.2) is 18.3 Å². The fourth-order valence-corrected chi connectivity index (χ4v) is 1.88. The maximum atomic E-state index is 10.6. The van der Waals surface area contributed by atoms with Crippen molar-refractivity contribution in [2.24, 2.45) is 0 Å². The van der Waals surface area contributed by atoms with Crippen LogP contribution in [-0.4, -0.2) is 16.1 Å². The molecule has 0 fully saturated rings. The molecule has 0 bridgehead atoms. The number of fused-ring (bicyclic) bond motifs is 1. The lowest BCUT2D eigenvalue weighted by molar-refractivity contribution is 0.0702. The summed E-state index contributed by atoms with van der Waals surface area (Å²) in [5, 5.41) is 9.49. The van der Waals surface area contributed by atoms with E-state index in [4.69, 9.17) is 10.8 Å².